The molecule has 0 aliphatic rings. The molecule has 0 aliphatic heterocycles. The first kappa shape index (κ1) is 17.1. The normalized spacial score (nSPS) is 11.4. The summed E-state index contributed by atoms with van der Waals surface area (Å²) >= 11 is 0. The fourth-order valence-corrected chi connectivity index (χ4v) is 1.93. The molecule has 0 bridgehead atoms. The molecule has 1 aromatic carbocycles. The van der Waals surface area contributed by atoms with E-state index in [9.17, 15) is 0 Å². The molecule has 0 heterocycles. The summed E-state index contributed by atoms with van der Waals surface area (Å²) in [6.07, 6.45) is 0.856. The van der Waals surface area contributed by atoms with Crippen molar-refractivity contribution in [2.24, 2.45) is 4.99 Å². The Bertz CT molecular complexity index is 459. The van der Waals surface area contributed by atoms with Gasteiger partial charge in [0.1, 0.15) is 0 Å². The van der Waals surface area contributed by atoms with Crippen molar-refractivity contribution in [2.45, 2.75) is 33.2 Å². The van der Waals surface area contributed by atoms with Crippen molar-refractivity contribution >= 4 is 5.96 Å². The molecule has 0 aliphatic carbocycles. The van der Waals surface area contributed by atoms with Crippen LogP contribution in [-0.4, -0.2) is 39.3 Å². The molecule has 0 fully saturated rings. The zero-order valence-corrected chi connectivity index (χ0v) is 13.7. The summed E-state index contributed by atoms with van der Waals surface area (Å²) in [5, 5.41) is 6.54. The number of aliphatic imine (C=N–C) groups is 1. The van der Waals surface area contributed by atoms with Gasteiger partial charge in [0.05, 0.1) is 14.2 Å². The van der Waals surface area contributed by atoms with E-state index in [1.807, 2.05) is 18.2 Å². The minimum Gasteiger partial charge on any atom is -0.493 e. The van der Waals surface area contributed by atoms with Gasteiger partial charge in [-0.15, -0.1) is 0 Å². The number of methoxy groups -OCH3 is 2. The summed E-state index contributed by atoms with van der Waals surface area (Å²) in [6, 6.07) is 6.33. The highest BCUT2D eigenvalue weighted by atomic mass is 16.5. The van der Waals surface area contributed by atoms with Crippen LogP contribution in [0.25, 0.3) is 0 Å². The molecular weight excluding hydrogens is 266 g/mol. The van der Waals surface area contributed by atoms with E-state index in [2.05, 4.69) is 36.4 Å². The van der Waals surface area contributed by atoms with E-state index in [1.54, 1.807) is 14.2 Å². The second-order valence-corrected chi connectivity index (χ2v) is 5.00. The van der Waals surface area contributed by atoms with E-state index in [-0.39, 0.29) is 0 Å². The molecule has 0 saturated heterocycles. The molecule has 0 atom stereocenters. The van der Waals surface area contributed by atoms with Crippen molar-refractivity contribution in [3.05, 3.63) is 23.8 Å². The lowest BCUT2D eigenvalue weighted by Crippen LogP contribution is -2.41. The standard InChI is InChI=1S/C16H27N3O2/c1-6-17-16(19-12(2)3)18-10-9-13-7-8-14(20-4)15(11-13)21-5/h7-8,11-12H,6,9-10H2,1-5H3,(H2,17,18,19). The highest BCUT2D eigenvalue weighted by molar-refractivity contribution is 5.79. The maximum atomic E-state index is 5.31. The Morgan fingerprint density at radius 2 is 1.90 bits per heavy atom. The van der Waals surface area contributed by atoms with Crippen LogP contribution in [-0.2, 0) is 6.42 Å². The molecule has 2 N–H and O–H groups in total. The predicted molar refractivity (Wildman–Crippen MR) is 87.5 cm³/mol. The molecular formula is C16H27N3O2. The van der Waals surface area contributed by atoms with Gasteiger partial charge in [0.25, 0.3) is 0 Å². The summed E-state index contributed by atoms with van der Waals surface area (Å²) in [6.45, 7) is 7.83. The Morgan fingerprint density at radius 1 is 1.19 bits per heavy atom. The zero-order chi connectivity index (χ0) is 15.7. The maximum Gasteiger partial charge on any atom is 0.191 e. The highest BCUT2D eigenvalue weighted by Crippen LogP contribution is 2.27. The summed E-state index contributed by atoms with van der Waals surface area (Å²) < 4.78 is 10.5. The number of guanidine groups is 1. The first-order chi connectivity index (χ1) is 10.1. The van der Waals surface area contributed by atoms with Crippen LogP contribution in [0.1, 0.15) is 26.3 Å². The number of ether oxygens (including phenoxy) is 2. The Hall–Kier alpha value is -1.91. The van der Waals surface area contributed by atoms with E-state index in [0.717, 1.165) is 37.0 Å². The van der Waals surface area contributed by atoms with Gasteiger partial charge in [0.2, 0.25) is 0 Å². The Kier molecular flexibility index (Phi) is 7.43. The number of hydrogen-bond donors (Lipinski definition) is 2. The quantitative estimate of drug-likeness (QED) is 0.598. The van der Waals surface area contributed by atoms with Crippen molar-refractivity contribution in [2.75, 3.05) is 27.3 Å². The number of benzene rings is 1. The maximum absolute atomic E-state index is 5.31. The zero-order valence-electron chi connectivity index (χ0n) is 13.7. The van der Waals surface area contributed by atoms with Crippen molar-refractivity contribution in [3.63, 3.8) is 0 Å². The van der Waals surface area contributed by atoms with Crippen LogP contribution in [0.2, 0.25) is 0 Å². The van der Waals surface area contributed by atoms with Gasteiger partial charge < -0.3 is 20.1 Å². The fraction of sp³-hybridized carbons (Fsp3) is 0.562. The van der Waals surface area contributed by atoms with Crippen LogP contribution in [0.4, 0.5) is 0 Å². The van der Waals surface area contributed by atoms with Crippen molar-refractivity contribution in [3.8, 4) is 11.5 Å². The molecule has 0 radical (unpaired) electrons. The lowest BCUT2D eigenvalue weighted by molar-refractivity contribution is 0.354. The van der Waals surface area contributed by atoms with Gasteiger partial charge in [-0.3, -0.25) is 4.99 Å². The SMILES string of the molecule is CCNC(=NCCc1ccc(OC)c(OC)c1)NC(C)C. The monoisotopic (exact) mass is 293 g/mol. The van der Waals surface area contributed by atoms with Crippen molar-refractivity contribution in [1.29, 1.82) is 0 Å². The molecule has 118 valence electrons. The minimum absolute atomic E-state index is 0.365. The smallest absolute Gasteiger partial charge is 0.191 e. The van der Waals surface area contributed by atoms with Gasteiger partial charge in [-0.05, 0) is 44.9 Å². The Morgan fingerprint density at radius 3 is 2.48 bits per heavy atom. The van der Waals surface area contributed by atoms with Crippen LogP contribution >= 0.6 is 0 Å². The van der Waals surface area contributed by atoms with Gasteiger partial charge in [0.15, 0.2) is 17.5 Å². The van der Waals surface area contributed by atoms with Crippen molar-refractivity contribution in [1.82, 2.24) is 10.6 Å². The van der Waals surface area contributed by atoms with E-state index >= 15 is 0 Å². The Balaban J connectivity index is 2.64. The van der Waals surface area contributed by atoms with Gasteiger partial charge in [0, 0.05) is 19.1 Å². The average Bonchev–Trinajstić information content (AvgIpc) is 2.46. The molecule has 5 heteroatoms. The third kappa shape index (κ3) is 5.94. The van der Waals surface area contributed by atoms with Gasteiger partial charge in [-0.25, -0.2) is 0 Å². The number of nitrogens with one attached hydrogen (secondary N) is 2. The van der Waals surface area contributed by atoms with Crippen LogP contribution < -0.4 is 20.1 Å². The van der Waals surface area contributed by atoms with Crippen molar-refractivity contribution < 1.29 is 9.47 Å². The second kappa shape index (κ2) is 9.10. The molecule has 21 heavy (non-hydrogen) atoms. The topological polar surface area (TPSA) is 54.9 Å². The summed E-state index contributed by atoms with van der Waals surface area (Å²) in [7, 11) is 3.29. The Labute approximate surface area is 127 Å². The third-order valence-electron chi connectivity index (χ3n) is 2.89. The molecule has 0 amide bonds. The van der Waals surface area contributed by atoms with E-state index in [0.29, 0.717) is 6.04 Å². The first-order valence-electron chi connectivity index (χ1n) is 7.36. The first-order valence-corrected chi connectivity index (χ1v) is 7.36. The molecule has 0 saturated carbocycles. The van der Waals surface area contributed by atoms with Gasteiger partial charge >= 0.3 is 0 Å². The summed E-state index contributed by atoms with van der Waals surface area (Å²) in [5.74, 6) is 2.36. The van der Waals surface area contributed by atoms with Crippen LogP contribution in [0.15, 0.2) is 23.2 Å². The average molecular weight is 293 g/mol. The molecule has 5 nitrogen and oxygen atoms in total. The van der Waals surface area contributed by atoms with Crippen LogP contribution in [0, 0.1) is 0 Å². The van der Waals surface area contributed by atoms with Gasteiger partial charge in [-0.2, -0.15) is 0 Å². The molecule has 0 unspecified atom stereocenters. The number of nitrogens with zero attached hydrogens (tertiary/aromatic N) is 1. The number of rotatable bonds is 7. The largest absolute Gasteiger partial charge is 0.493 e. The number of hydrogen-bond acceptors (Lipinski definition) is 3. The highest BCUT2D eigenvalue weighted by Gasteiger charge is 2.04. The lowest BCUT2D eigenvalue weighted by atomic mass is 10.1. The van der Waals surface area contributed by atoms with E-state index in [1.165, 1.54) is 5.56 Å². The van der Waals surface area contributed by atoms with Gasteiger partial charge in [-0.1, -0.05) is 6.07 Å². The third-order valence-corrected chi connectivity index (χ3v) is 2.89. The summed E-state index contributed by atoms with van der Waals surface area (Å²) in [5.41, 5.74) is 1.18. The lowest BCUT2D eigenvalue weighted by Gasteiger charge is -2.14. The molecule has 0 spiro atoms. The molecule has 1 aromatic rings. The van der Waals surface area contributed by atoms with E-state index < -0.39 is 0 Å². The second-order valence-electron chi connectivity index (χ2n) is 5.00. The van der Waals surface area contributed by atoms with E-state index in [4.69, 9.17) is 9.47 Å². The van der Waals surface area contributed by atoms with Crippen LogP contribution in [0.3, 0.4) is 0 Å². The fourth-order valence-electron chi connectivity index (χ4n) is 1.93. The summed E-state index contributed by atoms with van der Waals surface area (Å²) in [4.78, 5) is 4.57. The molecule has 0 aromatic heterocycles. The van der Waals surface area contributed by atoms with Crippen LogP contribution in [0.5, 0.6) is 11.5 Å². The predicted octanol–water partition coefficient (Wildman–Crippen LogP) is 2.21. The minimum atomic E-state index is 0.365. The molecule has 1 rings (SSSR count).